The van der Waals surface area contributed by atoms with Gasteiger partial charge in [-0.2, -0.15) is 8.78 Å². The summed E-state index contributed by atoms with van der Waals surface area (Å²) < 4.78 is 40.1. The number of terminal acetylenes is 1. The molecule has 1 atom stereocenters. The van der Waals surface area contributed by atoms with Crippen LogP contribution in [0.1, 0.15) is 35.6 Å². The Bertz CT molecular complexity index is 959. The Balaban J connectivity index is 1.60. The van der Waals surface area contributed by atoms with Crippen LogP contribution in [-0.4, -0.2) is 26.4 Å². The highest BCUT2D eigenvalue weighted by Crippen LogP contribution is 2.32. The summed E-state index contributed by atoms with van der Waals surface area (Å²) in [4.78, 5) is 12.5. The number of methoxy groups -OCH3 is 1. The molecular weight excluding hydrogens is 406 g/mol. The lowest BCUT2D eigenvalue weighted by atomic mass is 9.87. The Labute approximate surface area is 179 Å². The molecule has 2 amide bonds. The number of aryl methyl sites for hydroxylation is 1. The van der Waals surface area contributed by atoms with Crippen molar-refractivity contribution in [3.05, 3.63) is 53.1 Å². The summed E-state index contributed by atoms with van der Waals surface area (Å²) >= 11 is 0. The van der Waals surface area contributed by atoms with Crippen molar-refractivity contribution in [2.24, 2.45) is 0 Å². The van der Waals surface area contributed by atoms with Gasteiger partial charge < -0.3 is 24.8 Å². The van der Waals surface area contributed by atoms with Crippen molar-refractivity contribution in [2.45, 2.75) is 38.5 Å². The van der Waals surface area contributed by atoms with E-state index in [2.05, 4.69) is 21.3 Å². The average molecular weight is 430 g/mol. The van der Waals surface area contributed by atoms with Gasteiger partial charge in [0, 0.05) is 6.54 Å². The first-order valence-electron chi connectivity index (χ1n) is 9.85. The number of fused-ring (bicyclic) bond motifs is 1. The van der Waals surface area contributed by atoms with Gasteiger partial charge in [-0.05, 0) is 60.2 Å². The standard InChI is InChI=1S/C23H24F2N2O4/c1-3-11-30-21-12-15(7-10-20(21)29-2)14-26-23(28)27-19-6-4-5-16-13-17(31-22(24)25)8-9-18(16)19/h1,7-10,12-13,19,22H,4-6,11,14H2,2H3,(H2,26,27,28). The topological polar surface area (TPSA) is 68.8 Å². The maximum Gasteiger partial charge on any atom is 0.387 e. The number of benzene rings is 2. The molecule has 31 heavy (non-hydrogen) atoms. The Hall–Kier alpha value is -3.47. The molecule has 0 saturated heterocycles. The number of hydrogen-bond acceptors (Lipinski definition) is 4. The lowest BCUT2D eigenvalue weighted by molar-refractivity contribution is -0.0499. The zero-order valence-electron chi connectivity index (χ0n) is 17.1. The van der Waals surface area contributed by atoms with Crippen molar-refractivity contribution in [3.8, 4) is 29.6 Å². The van der Waals surface area contributed by atoms with Crippen molar-refractivity contribution in [3.63, 3.8) is 0 Å². The predicted molar refractivity (Wildman–Crippen MR) is 111 cm³/mol. The summed E-state index contributed by atoms with van der Waals surface area (Å²) in [6.45, 7) is -2.47. The largest absolute Gasteiger partial charge is 0.493 e. The highest BCUT2D eigenvalue weighted by molar-refractivity contribution is 5.74. The van der Waals surface area contributed by atoms with Crippen LogP contribution in [0, 0.1) is 12.3 Å². The number of rotatable bonds is 8. The molecule has 3 rings (SSSR count). The zero-order valence-corrected chi connectivity index (χ0v) is 17.1. The quantitative estimate of drug-likeness (QED) is 0.617. The first-order valence-corrected chi connectivity index (χ1v) is 9.85. The van der Waals surface area contributed by atoms with Gasteiger partial charge in [-0.3, -0.25) is 0 Å². The van der Waals surface area contributed by atoms with E-state index in [1.54, 1.807) is 24.3 Å². The minimum atomic E-state index is -2.86. The normalized spacial score (nSPS) is 14.9. The van der Waals surface area contributed by atoms with Crippen molar-refractivity contribution in [2.75, 3.05) is 13.7 Å². The molecule has 0 heterocycles. The summed E-state index contributed by atoms with van der Waals surface area (Å²) in [5.74, 6) is 3.58. The van der Waals surface area contributed by atoms with Gasteiger partial charge in [0.2, 0.25) is 0 Å². The van der Waals surface area contributed by atoms with E-state index in [-0.39, 0.29) is 31.0 Å². The maximum absolute atomic E-state index is 12.5. The molecule has 8 heteroatoms. The van der Waals surface area contributed by atoms with Gasteiger partial charge in [0.25, 0.3) is 0 Å². The van der Waals surface area contributed by atoms with Crippen LogP contribution in [0.25, 0.3) is 0 Å². The molecule has 0 aromatic heterocycles. The zero-order chi connectivity index (χ0) is 22.2. The second-order valence-corrected chi connectivity index (χ2v) is 6.99. The monoisotopic (exact) mass is 430 g/mol. The molecule has 1 aliphatic carbocycles. The smallest absolute Gasteiger partial charge is 0.387 e. The molecule has 0 spiro atoms. The first kappa shape index (κ1) is 22.2. The summed E-state index contributed by atoms with van der Waals surface area (Å²) in [5.41, 5.74) is 2.64. The average Bonchev–Trinajstić information content (AvgIpc) is 2.76. The number of carbonyl (C=O) groups is 1. The lowest BCUT2D eigenvalue weighted by Gasteiger charge is -2.27. The number of nitrogens with one attached hydrogen (secondary N) is 2. The second kappa shape index (κ2) is 10.5. The van der Waals surface area contributed by atoms with E-state index in [0.717, 1.165) is 36.0 Å². The van der Waals surface area contributed by atoms with Crippen LogP contribution in [0.5, 0.6) is 17.2 Å². The Morgan fingerprint density at radius 2 is 2.10 bits per heavy atom. The molecular formula is C23H24F2N2O4. The summed E-state index contributed by atoms with van der Waals surface area (Å²) in [7, 11) is 1.54. The van der Waals surface area contributed by atoms with E-state index in [1.807, 2.05) is 6.07 Å². The molecule has 0 bridgehead atoms. The van der Waals surface area contributed by atoms with Gasteiger partial charge in [-0.1, -0.05) is 18.1 Å². The molecule has 2 N–H and O–H groups in total. The van der Waals surface area contributed by atoms with Crippen molar-refractivity contribution in [1.29, 1.82) is 0 Å². The fourth-order valence-electron chi connectivity index (χ4n) is 3.57. The van der Waals surface area contributed by atoms with E-state index < -0.39 is 6.61 Å². The maximum atomic E-state index is 12.5. The number of urea groups is 1. The fraction of sp³-hybridized carbons (Fsp3) is 0.348. The van der Waals surface area contributed by atoms with Gasteiger partial charge in [0.15, 0.2) is 11.5 Å². The third-order valence-electron chi connectivity index (χ3n) is 4.95. The van der Waals surface area contributed by atoms with E-state index in [4.69, 9.17) is 15.9 Å². The number of ether oxygens (including phenoxy) is 3. The van der Waals surface area contributed by atoms with E-state index in [9.17, 15) is 13.6 Å². The summed E-state index contributed by atoms with van der Waals surface area (Å²) in [6.07, 6.45) is 7.59. The van der Waals surface area contributed by atoms with Gasteiger partial charge in [0.1, 0.15) is 12.4 Å². The number of halogens is 2. The molecule has 1 unspecified atom stereocenters. The van der Waals surface area contributed by atoms with Crippen LogP contribution in [0.2, 0.25) is 0 Å². The molecule has 0 radical (unpaired) electrons. The Morgan fingerprint density at radius 3 is 2.84 bits per heavy atom. The number of alkyl halides is 2. The minimum Gasteiger partial charge on any atom is -0.493 e. The highest BCUT2D eigenvalue weighted by atomic mass is 19.3. The molecule has 2 aromatic rings. The summed E-state index contributed by atoms with van der Waals surface area (Å²) in [5, 5.41) is 5.78. The van der Waals surface area contributed by atoms with Crippen LogP contribution in [0.3, 0.4) is 0 Å². The van der Waals surface area contributed by atoms with Crippen LogP contribution in [0.15, 0.2) is 36.4 Å². The molecule has 0 saturated carbocycles. The van der Waals surface area contributed by atoms with E-state index in [1.165, 1.54) is 13.2 Å². The van der Waals surface area contributed by atoms with E-state index >= 15 is 0 Å². The van der Waals surface area contributed by atoms with Crippen LogP contribution in [-0.2, 0) is 13.0 Å². The summed E-state index contributed by atoms with van der Waals surface area (Å²) in [6, 6.07) is 9.65. The second-order valence-electron chi connectivity index (χ2n) is 6.99. The third kappa shape index (κ3) is 6.01. The molecule has 0 fully saturated rings. The molecule has 6 nitrogen and oxygen atoms in total. The third-order valence-corrected chi connectivity index (χ3v) is 4.95. The van der Waals surface area contributed by atoms with Crippen molar-refractivity contribution >= 4 is 6.03 Å². The SMILES string of the molecule is C#CCOc1cc(CNC(=O)NC2CCCc3cc(OC(F)F)ccc32)ccc1OC. The number of hydrogen-bond donors (Lipinski definition) is 2. The Morgan fingerprint density at radius 1 is 1.26 bits per heavy atom. The van der Waals surface area contributed by atoms with Crippen LogP contribution < -0.4 is 24.8 Å². The minimum absolute atomic E-state index is 0.110. The number of amides is 2. The highest BCUT2D eigenvalue weighted by Gasteiger charge is 2.22. The van der Waals surface area contributed by atoms with Gasteiger partial charge >= 0.3 is 12.6 Å². The van der Waals surface area contributed by atoms with Crippen molar-refractivity contribution in [1.82, 2.24) is 10.6 Å². The van der Waals surface area contributed by atoms with Crippen LogP contribution >= 0.6 is 0 Å². The Kier molecular flexibility index (Phi) is 7.55. The van der Waals surface area contributed by atoms with Gasteiger partial charge in [-0.25, -0.2) is 4.79 Å². The molecule has 1 aliphatic rings. The molecule has 0 aliphatic heterocycles. The van der Waals surface area contributed by atoms with Crippen LogP contribution in [0.4, 0.5) is 13.6 Å². The van der Waals surface area contributed by atoms with Gasteiger partial charge in [0.05, 0.1) is 13.2 Å². The number of carbonyl (C=O) groups excluding carboxylic acids is 1. The van der Waals surface area contributed by atoms with Crippen molar-refractivity contribution < 1.29 is 27.8 Å². The molecule has 164 valence electrons. The predicted octanol–water partition coefficient (Wildman–Crippen LogP) is 4.19. The lowest BCUT2D eigenvalue weighted by Crippen LogP contribution is -2.38. The first-order chi connectivity index (χ1) is 15.0. The fourth-order valence-corrected chi connectivity index (χ4v) is 3.57. The van der Waals surface area contributed by atoms with E-state index in [0.29, 0.717) is 11.5 Å². The molecule has 2 aromatic carbocycles. The van der Waals surface area contributed by atoms with Gasteiger partial charge in [-0.15, -0.1) is 6.42 Å².